The summed E-state index contributed by atoms with van der Waals surface area (Å²) in [6.07, 6.45) is 0.854. The predicted molar refractivity (Wildman–Crippen MR) is 76.3 cm³/mol. The van der Waals surface area contributed by atoms with Gasteiger partial charge in [0.15, 0.2) is 0 Å². The Balaban J connectivity index is 1.88. The lowest BCUT2D eigenvalue weighted by Gasteiger charge is -2.34. The van der Waals surface area contributed by atoms with E-state index in [2.05, 4.69) is 15.1 Å². The van der Waals surface area contributed by atoms with E-state index in [1.165, 1.54) is 0 Å². The van der Waals surface area contributed by atoms with Crippen molar-refractivity contribution in [1.29, 1.82) is 0 Å². The molecule has 0 radical (unpaired) electrons. The molecular formula is C14H16ClN3O2. The standard InChI is InChI=1S/C14H16ClN3O2/c1-3-13-16-17-14(20-13)8-18-7-9(2)19-12-5-4-10(15)6-11(12)18/h4-6,9H,3,7-8H2,1-2H3/t9-/m0/s1. The average molecular weight is 294 g/mol. The van der Waals surface area contributed by atoms with E-state index in [1.807, 2.05) is 32.0 Å². The number of benzene rings is 1. The lowest BCUT2D eigenvalue weighted by molar-refractivity contribution is 0.210. The van der Waals surface area contributed by atoms with Gasteiger partial charge >= 0.3 is 0 Å². The van der Waals surface area contributed by atoms with Gasteiger partial charge in [0.1, 0.15) is 11.9 Å². The molecule has 20 heavy (non-hydrogen) atoms. The lowest BCUT2D eigenvalue weighted by atomic mass is 10.2. The Kier molecular flexibility index (Phi) is 3.53. The van der Waals surface area contributed by atoms with Crippen molar-refractivity contribution < 1.29 is 9.15 Å². The molecule has 0 amide bonds. The Morgan fingerprint density at radius 1 is 1.35 bits per heavy atom. The SMILES string of the molecule is CCc1nnc(CN2C[C@H](C)Oc3ccc(Cl)cc32)o1. The largest absolute Gasteiger partial charge is 0.487 e. The van der Waals surface area contributed by atoms with E-state index in [4.69, 9.17) is 20.8 Å². The fourth-order valence-corrected chi connectivity index (χ4v) is 2.47. The second-order valence-electron chi connectivity index (χ2n) is 4.86. The zero-order valence-corrected chi connectivity index (χ0v) is 12.2. The van der Waals surface area contributed by atoms with Crippen LogP contribution in [-0.4, -0.2) is 22.8 Å². The maximum atomic E-state index is 6.07. The summed E-state index contributed by atoms with van der Waals surface area (Å²) in [4.78, 5) is 2.16. The minimum absolute atomic E-state index is 0.109. The molecule has 6 heteroatoms. The molecule has 0 N–H and O–H groups in total. The zero-order chi connectivity index (χ0) is 14.1. The smallest absolute Gasteiger partial charge is 0.235 e. The van der Waals surface area contributed by atoms with E-state index in [0.717, 1.165) is 24.4 Å². The monoisotopic (exact) mass is 293 g/mol. The molecule has 0 aliphatic carbocycles. The van der Waals surface area contributed by atoms with Crippen LogP contribution in [0.15, 0.2) is 22.6 Å². The number of fused-ring (bicyclic) bond motifs is 1. The van der Waals surface area contributed by atoms with Crippen LogP contribution in [0.4, 0.5) is 5.69 Å². The normalized spacial score (nSPS) is 17.8. The molecule has 0 saturated carbocycles. The van der Waals surface area contributed by atoms with Gasteiger partial charge in [0.25, 0.3) is 0 Å². The maximum Gasteiger partial charge on any atom is 0.235 e. The summed E-state index contributed by atoms with van der Waals surface area (Å²) in [6.45, 7) is 5.35. The molecule has 0 unspecified atom stereocenters. The van der Waals surface area contributed by atoms with Crippen molar-refractivity contribution in [2.75, 3.05) is 11.4 Å². The highest BCUT2D eigenvalue weighted by Crippen LogP contribution is 2.36. The Bertz CT molecular complexity index is 614. The molecule has 0 spiro atoms. The number of hydrogen-bond acceptors (Lipinski definition) is 5. The molecule has 0 fully saturated rings. The van der Waals surface area contributed by atoms with Crippen LogP contribution < -0.4 is 9.64 Å². The number of nitrogens with zero attached hydrogens (tertiary/aromatic N) is 3. The van der Waals surface area contributed by atoms with Crippen LogP contribution in [-0.2, 0) is 13.0 Å². The maximum absolute atomic E-state index is 6.07. The summed E-state index contributed by atoms with van der Waals surface area (Å²) in [5, 5.41) is 8.75. The van der Waals surface area contributed by atoms with Gasteiger partial charge in [-0.2, -0.15) is 0 Å². The fraction of sp³-hybridized carbons (Fsp3) is 0.429. The number of anilines is 1. The fourth-order valence-electron chi connectivity index (χ4n) is 2.31. The van der Waals surface area contributed by atoms with E-state index in [-0.39, 0.29) is 6.10 Å². The van der Waals surface area contributed by atoms with E-state index >= 15 is 0 Å². The number of halogens is 1. The van der Waals surface area contributed by atoms with Gasteiger partial charge < -0.3 is 14.1 Å². The molecule has 1 aromatic carbocycles. The highest BCUT2D eigenvalue weighted by Gasteiger charge is 2.24. The highest BCUT2D eigenvalue weighted by molar-refractivity contribution is 6.30. The average Bonchev–Trinajstić information content (AvgIpc) is 2.87. The Morgan fingerprint density at radius 2 is 2.15 bits per heavy atom. The van der Waals surface area contributed by atoms with Crippen LogP contribution in [0.5, 0.6) is 5.75 Å². The minimum atomic E-state index is 0.109. The third-order valence-electron chi connectivity index (χ3n) is 3.20. The van der Waals surface area contributed by atoms with Gasteiger partial charge in [-0.1, -0.05) is 18.5 Å². The highest BCUT2D eigenvalue weighted by atomic mass is 35.5. The Labute approximate surface area is 122 Å². The second-order valence-corrected chi connectivity index (χ2v) is 5.30. The van der Waals surface area contributed by atoms with Gasteiger partial charge in [-0.05, 0) is 25.1 Å². The molecule has 0 bridgehead atoms. The van der Waals surface area contributed by atoms with Crippen LogP contribution in [0.2, 0.25) is 5.02 Å². The first-order valence-corrected chi connectivity index (χ1v) is 7.06. The molecule has 0 saturated heterocycles. The van der Waals surface area contributed by atoms with Gasteiger partial charge in [0, 0.05) is 11.4 Å². The Morgan fingerprint density at radius 3 is 2.90 bits per heavy atom. The number of ether oxygens (including phenoxy) is 1. The lowest BCUT2D eigenvalue weighted by Crippen LogP contribution is -2.38. The van der Waals surface area contributed by atoms with Crippen LogP contribution in [0, 0.1) is 0 Å². The first-order valence-electron chi connectivity index (χ1n) is 6.68. The van der Waals surface area contributed by atoms with E-state index in [0.29, 0.717) is 23.3 Å². The number of hydrogen-bond donors (Lipinski definition) is 0. The summed E-state index contributed by atoms with van der Waals surface area (Å²) >= 11 is 6.07. The molecule has 5 nitrogen and oxygen atoms in total. The first-order chi connectivity index (χ1) is 9.65. The topological polar surface area (TPSA) is 51.4 Å². The predicted octanol–water partition coefficient (Wildman–Crippen LogP) is 3.07. The summed E-state index contributed by atoms with van der Waals surface area (Å²) < 4.78 is 11.4. The van der Waals surface area contributed by atoms with Gasteiger partial charge in [-0.15, -0.1) is 10.2 Å². The van der Waals surface area contributed by atoms with Crippen LogP contribution in [0.1, 0.15) is 25.6 Å². The van der Waals surface area contributed by atoms with Crippen molar-refractivity contribution in [1.82, 2.24) is 10.2 Å². The van der Waals surface area contributed by atoms with Gasteiger partial charge in [-0.3, -0.25) is 0 Å². The van der Waals surface area contributed by atoms with Crippen LogP contribution >= 0.6 is 11.6 Å². The summed E-state index contributed by atoms with van der Waals surface area (Å²) in [5.74, 6) is 2.11. The van der Waals surface area contributed by atoms with Crippen molar-refractivity contribution >= 4 is 17.3 Å². The van der Waals surface area contributed by atoms with E-state index < -0.39 is 0 Å². The second kappa shape index (κ2) is 5.32. The number of rotatable bonds is 3. The molecule has 1 aromatic heterocycles. The molecule has 1 aliphatic heterocycles. The Hall–Kier alpha value is -1.75. The van der Waals surface area contributed by atoms with Crippen LogP contribution in [0.3, 0.4) is 0 Å². The molecule has 3 rings (SSSR count). The zero-order valence-electron chi connectivity index (χ0n) is 11.5. The molecule has 1 aliphatic rings. The van der Waals surface area contributed by atoms with Crippen molar-refractivity contribution in [2.24, 2.45) is 0 Å². The van der Waals surface area contributed by atoms with E-state index in [1.54, 1.807) is 0 Å². The molecule has 1 atom stereocenters. The van der Waals surface area contributed by atoms with Gasteiger partial charge in [0.2, 0.25) is 11.8 Å². The van der Waals surface area contributed by atoms with Crippen molar-refractivity contribution in [3.05, 3.63) is 35.0 Å². The van der Waals surface area contributed by atoms with E-state index in [9.17, 15) is 0 Å². The van der Waals surface area contributed by atoms with Crippen LogP contribution in [0.25, 0.3) is 0 Å². The minimum Gasteiger partial charge on any atom is -0.487 e. The third-order valence-corrected chi connectivity index (χ3v) is 3.44. The quantitative estimate of drug-likeness (QED) is 0.870. The van der Waals surface area contributed by atoms with Gasteiger partial charge in [-0.25, -0.2) is 0 Å². The van der Waals surface area contributed by atoms with Crippen molar-refractivity contribution in [3.63, 3.8) is 0 Å². The molecule has 106 valence electrons. The molecular weight excluding hydrogens is 278 g/mol. The first kappa shape index (κ1) is 13.2. The third kappa shape index (κ3) is 2.58. The summed E-state index contributed by atoms with van der Waals surface area (Å²) in [5.41, 5.74) is 0.965. The summed E-state index contributed by atoms with van der Waals surface area (Å²) in [6, 6.07) is 5.63. The van der Waals surface area contributed by atoms with Crippen molar-refractivity contribution in [2.45, 2.75) is 32.9 Å². The number of aromatic nitrogens is 2. The molecule has 2 heterocycles. The summed E-state index contributed by atoms with van der Waals surface area (Å²) in [7, 11) is 0. The van der Waals surface area contributed by atoms with Gasteiger partial charge in [0.05, 0.1) is 18.8 Å². The number of aryl methyl sites for hydroxylation is 1. The molecule has 2 aromatic rings. The van der Waals surface area contributed by atoms with Crippen molar-refractivity contribution in [3.8, 4) is 5.75 Å².